The average Bonchev–Trinajstić information content (AvgIpc) is 2.54. The minimum absolute atomic E-state index is 0.127. The van der Waals surface area contributed by atoms with Gasteiger partial charge in [-0.1, -0.05) is 11.6 Å². The molecule has 0 radical (unpaired) electrons. The van der Waals surface area contributed by atoms with Crippen molar-refractivity contribution in [1.29, 1.82) is 5.26 Å². The Kier molecular flexibility index (Phi) is 3.08. The second-order valence-corrected chi connectivity index (χ2v) is 7.86. The molecule has 0 atom stereocenters. The minimum Gasteiger partial charge on any atom is -0.354 e. The second-order valence-electron chi connectivity index (χ2n) is 7.45. The first kappa shape index (κ1) is 15.5. The highest BCUT2D eigenvalue weighted by molar-refractivity contribution is 6.31. The quantitative estimate of drug-likeness (QED) is 0.750. The van der Waals surface area contributed by atoms with Crippen LogP contribution in [-0.2, 0) is 5.41 Å². The summed E-state index contributed by atoms with van der Waals surface area (Å²) in [5.74, 6) is 0.854. The van der Waals surface area contributed by atoms with E-state index in [4.69, 9.17) is 16.6 Å². The van der Waals surface area contributed by atoms with Crippen LogP contribution in [0.1, 0.15) is 36.3 Å². The molecule has 3 aliphatic rings. The van der Waals surface area contributed by atoms with Gasteiger partial charge in [0.1, 0.15) is 6.07 Å². The Balaban J connectivity index is 1.68. The smallest absolute Gasteiger partial charge is 0.192 e. The molecule has 0 saturated heterocycles. The zero-order chi connectivity index (χ0) is 18.1. The fraction of sp³-hybridized carbons (Fsp3) is 0.300. The monoisotopic (exact) mass is 362 g/mol. The Bertz CT molecular complexity index is 1170. The Labute approximate surface area is 154 Å². The summed E-state index contributed by atoms with van der Waals surface area (Å²) in [6.07, 6.45) is 5.09. The molecule has 6 heteroatoms. The summed E-state index contributed by atoms with van der Waals surface area (Å²) in [4.78, 5) is 24.6. The lowest BCUT2D eigenvalue weighted by Crippen LogP contribution is -2.55. The highest BCUT2D eigenvalue weighted by Crippen LogP contribution is 2.65. The van der Waals surface area contributed by atoms with Gasteiger partial charge in [-0.05, 0) is 44.2 Å². The van der Waals surface area contributed by atoms with Crippen LogP contribution in [0.3, 0.4) is 0 Å². The number of aryl methyl sites for hydroxylation is 1. The molecule has 5 nitrogen and oxygen atoms in total. The maximum absolute atomic E-state index is 12.6. The summed E-state index contributed by atoms with van der Waals surface area (Å²) >= 11 is 6.57. The number of nitrogens with one attached hydrogen (secondary N) is 1. The van der Waals surface area contributed by atoms with Gasteiger partial charge in [-0.15, -0.1) is 0 Å². The van der Waals surface area contributed by atoms with Crippen LogP contribution in [0, 0.1) is 24.2 Å². The van der Waals surface area contributed by atoms with Gasteiger partial charge in [0.15, 0.2) is 11.1 Å². The summed E-state index contributed by atoms with van der Waals surface area (Å²) in [6.45, 7) is 1.94. The van der Waals surface area contributed by atoms with Gasteiger partial charge in [0, 0.05) is 28.9 Å². The fourth-order valence-electron chi connectivity index (χ4n) is 4.42. The standard InChI is InChI=1S/C20H15ClN4O/c1-10-12(4-13(21)19(24-10)20-6-11(7-20)8-20)15-5-17(26)18-14(25-15)2-3-23-16(18)9-22/h2-5,11H,6-8H2,1H3,(H,25,26). The molecule has 0 spiro atoms. The van der Waals surface area contributed by atoms with E-state index in [9.17, 15) is 10.1 Å². The van der Waals surface area contributed by atoms with Crippen molar-refractivity contribution in [2.24, 2.45) is 5.92 Å². The molecule has 1 N–H and O–H groups in total. The fourth-order valence-corrected chi connectivity index (χ4v) is 4.78. The molecular formula is C20H15ClN4O. The van der Waals surface area contributed by atoms with Crippen LogP contribution >= 0.6 is 11.6 Å². The van der Waals surface area contributed by atoms with Gasteiger partial charge in [-0.3, -0.25) is 9.78 Å². The number of halogens is 1. The van der Waals surface area contributed by atoms with Crippen LogP contribution in [-0.4, -0.2) is 15.0 Å². The van der Waals surface area contributed by atoms with Crippen molar-refractivity contribution in [1.82, 2.24) is 15.0 Å². The number of aromatic nitrogens is 3. The molecule has 128 valence electrons. The molecule has 0 unspecified atom stereocenters. The molecule has 3 aromatic rings. The molecule has 0 aromatic carbocycles. The molecule has 3 saturated carbocycles. The number of H-pyrrole nitrogens is 1. The number of pyridine rings is 3. The van der Waals surface area contributed by atoms with Crippen LogP contribution in [0.25, 0.3) is 22.2 Å². The number of fused-ring (bicyclic) bond motifs is 1. The highest BCUT2D eigenvalue weighted by atomic mass is 35.5. The topological polar surface area (TPSA) is 82.4 Å². The number of nitriles is 1. The molecular weight excluding hydrogens is 348 g/mol. The average molecular weight is 363 g/mol. The molecule has 3 aromatic heterocycles. The van der Waals surface area contributed by atoms with E-state index in [1.165, 1.54) is 31.5 Å². The molecule has 3 heterocycles. The molecule has 2 bridgehead atoms. The lowest BCUT2D eigenvalue weighted by Gasteiger charge is -2.61. The highest BCUT2D eigenvalue weighted by Gasteiger charge is 2.59. The molecule has 3 aliphatic carbocycles. The number of hydrogen-bond acceptors (Lipinski definition) is 4. The molecule has 26 heavy (non-hydrogen) atoms. The van der Waals surface area contributed by atoms with Crippen molar-refractivity contribution in [3.8, 4) is 17.3 Å². The van der Waals surface area contributed by atoms with E-state index in [0.29, 0.717) is 21.6 Å². The van der Waals surface area contributed by atoms with Crippen LogP contribution in [0.15, 0.2) is 29.2 Å². The Morgan fingerprint density at radius 1 is 1.35 bits per heavy atom. The first-order valence-corrected chi connectivity index (χ1v) is 8.99. The maximum atomic E-state index is 12.6. The van der Waals surface area contributed by atoms with Crippen LogP contribution in [0.2, 0.25) is 5.02 Å². The van der Waals surface area contributed by atoms with E-state index in [-0.39, 0.29) is 16.5 Å². The lowest BCUT2D eigenvalue weighted by atomic mass is 9.43. The van der Waals surface area contributed by atoms with Gasteiger partial charge in [0.2, 0.25) is 0 Å². The van der Waals surface area contributed by atoms with E-state index in [2.05, 4.69) is 9.97 Å². The van der Waals surface area contributed by atoms with Gasteiger partial charge in [0.05, 0.1) is 27.3 Å². The summed E-state index contributed by atoms with van der Waals surface area (Å²) in [7, 11) is 0. The Morgan fingerprint density at radius 3 is 2.77 bits per heavy atom. The molecule has 0 amide bonds. The van der Waals surface area contributed by atoms with E-state index in [1.54, 1.807) is 6.07 Å². The van der Waals surface area contributed by atoms with Gasteiger partial charge in [-0.25, -0.2) is 4.98 Å². The van der Waals surface area contributed by atoms with Gasteiger partial charge >= 0.3 is 0 Å². The minimum atomic E-state index is -0.238. The summed E-state index contributed by atoms with van der Waals surface area (Å²) in [6, 6.07) is 7.06. The third kappa shape index (κ3) is 1.99. The largest absolute Gasteiger partial charge is 0.354 e. The van der Waals surface area contributed by atoms with E-state index >= 15 is 0 Å². The Hall–Kier alpha value is -2.71. The summed E-state index contributed by atoms with van der Waals surface area (Å²) in [5, 5.41) is 10.1. The number of rotatable bonds is 2. The number of aromatic amines is 1. The zero-order valence-corrected chi connectivity index (χ0v) is 14.9. The van der Waals surface area contributed by atoms with Crippen LogP contribution in [0.5, 0.6) is 0 Å². The first-order valence-electron chi connectivity index (χ1n) is 8.61. The number of nitrogens with zero attached hydrogens (tertiary/aromatic N) is 3. The summed E-state index contributed by atoms with van der Waals surface area (Å²) in [5.41, 5.74) is 3.96. The van der Waals surface area contributed by atoms with Crippen molar-refractivity contribution in [3.05, 3.63) is 56.7 Å². The van der Waals surface area contributed by atoms with Crippen LogP contribution < -0.4 is 5.43 Å². The predicted octanol–water partition coefficient (Wildman–Crippen LogP) is 3.87. The molecule has 3 fully saturated rings. The first-order chi connectivity index (χ1) is 12.5. The normalized spacial score (nSPS) is 23.2. The van der Waals surface area contributed by atoms with Crippen molar-refractivity contribution in [2.75, 3.05) is 0 Å². The van der Waals surface area contributed by atoms with Gasteiger partial charge in [-0.2, -0.15) is 5.26 Å². The maximum Gasteiger partial charge on any atom is 0.192 e. The van der Waals surface area contributed by atoms with Crippen molar-refractivity contribution in [2.45, 2.75) is 31.6 Å². The van der Waals surface area contributed by atoms with E-state index in [0.717, 1.165) is 22.9 Å². The van der Waals surface area contributed by atoms with Crippen LogP contribution in [0.4, 0.5) is 0 Å². The second kappa shape index (κ2) is 5.15. The lowest BCUT2D eigenvalue weighted by molar-refractivity contribution is -0.0308. The van der Waals surface area contributed by atoms with Crippen molar-refractivity contribution < 1.29 is 0 Å². The Morgan fingerprint density at radius 2 is 2.12 bits per heavy atom. The predicted molar refractivity (Wildman–Crippen MR) is 99.1 cm³/mol. The molecule has 6 rings (SSSR count). The SMILES string of the molecule is Cc1nc(C23CC(C2)C3)c(Cl)cc1-c1cc(=O)c2c(C#N)nccc2[nH]1. The third-order valence-electron chi connectivity index (χ3n) is 5.85. The number of hydrogen-bond donors (Lipinski definition) is 1. The van der Waals surface area contributed by atoms with Crippen molar-refractivity contribution in [3.63, 3.8) is 0 Å². The van der Waals surface area contributed by atoms with Gasteiger partial charge < -0.3 is 4.98 Å². The summed E-state index contributed by atoms with van der Waals surface area (Å²) < 4.78 is 0. The zero-order valence-electron chi connectivity index (χ0n) is 14.1. The van der Waals surface area contributed by atoms with Crippen molar-refractivity contribution >= 4 is 22.5 Å². The molecule has 0 aliphatic heterocycles. The van der Waals surface area contributed by atoms with E-state index < -0.39 is 0 Å². The van der Waals surface area contributed by atoms with Gasteiger partial charge in [0.25, 0.3) is 0 Å². The van der Waals surface area contributed by atoms with E-state index in [1.807, 2.05) is 19.1 Å². The third-order valence-corrected chi connectivity index (χ3v) is 6.13.